The van der Waals surface area contributed by atoms with Crippen LogP contribution in [0.1, 0.15) is 39.5 Å². The van der Waals surface area contributed by atoms with Crippen molar-refractivity contribution in [2.75, 3.05) is 13.2 Å². The van der Waals surface area contributed by atoms with Crippen LogP contribution < -0.4 is 0 Å². The monoisotopic (exact) mass is 228 g/mol. The summed E-state index contributed by atoms with van der Waals surface area (Å²) in [6.45, 7) is 5.05. The molecule has 0 saturated carbocycles. The zero-order valence-electron chi connectivity index (χ0n) is 10.0. The molecule has 0 heterocycles. The summed E-state index contributed by atoms with van der Waals surface area (Å²) in [4.78, 5) is 10.4. The van der Waals surface area contributed by atoms with Crippen LogP contribution in [0.2, 0.25) is 0 Å². The smallest absolute Gasteiger partial charge is 0.228 e. The van der Waals surface area contributed by atoms with Crippen LogP contribution in [0, 0.1) is 16.2 Å². The van der Waals surface area contributed by atoms with Gasteiger partial charge in [0, 0.05) is 13.2 Å². The van der Waals surface area contributed by atoms with Crippen molar-refractivity contribution in [1.29, 1.82) is 5.26 Å². The molecule has 0 radical (unpaired) electrons. The Morgan fingerprint density at radius 2 is 1.69 bits per heavy atom. The van der Waals surface area contributed by atoms with E-state index in [1.54, 1.807) is 6.07 Å². The summed E-state index contributed by atoms with van der Waals surface area (Å²) in [7, 11) is 0. The standard InChI is InChI=1S/C11H20N2O3/c1-3-5-7-15-11(10(9-12)13-14)16-8-6-4-2/h10-11H,3-8H2,1-2H3. The molecule has 0 saturated heterocycles. The van der Waals surface area contributed by atoms with E-state index in [4.69, 9.17) is 14.7 Å². The van der Waals surface area contributed by atoms with E-state index in [0.717, 1.165) is 25.7 Å². The molecule has 0 fully saturated rings. The second-order valence-corrected chi connectivity index (χ2v) is 3.50. The van der Waals surface area contributed by atoms with E-state index in [1.165, 1.54) is 0 Å². The van der Waals surface area contributed by atoms with Gasteiger partial charge >= 0.3 is 0 Å². The molecule has 0 aliphatic heterocycles. The molecule has 0 aliphatic carbocycles. The molecule has 0 aromatic carbocycles. The van der Waals surface area contributed by atoms with Crippen molar-refractivity contribution in [3.05, 3.63) is 4.91 Å². The highest BCUT2D eigenvalue weighted by molar-refractivity contribution is 4.92. The van der Waals surface area contributed by atoms with Gasteiger partial charge in [-0.3, -0.25) is 0 Å². The summed E-state index contributed by atoms with van der Waals surface area (Å²) in [6, 6.07) is 0.701. The van der Waals surface area contributed by atoms with Crippen LogP contribution >= 0.6 is 0 Å². The molecule has 0 N–H and O–H groups in total. The Kier molecular flexibility index (Phi) is 9.87. The van der Waals surface area contributed by atoms with Crippen LogP contribution in [0.15, 0.2) is 5.18 Å². The molecular formula is C11H20N2O3. The minimum atomic E-state index is -1.08. The molecular weight excluding hydrogens is 208 g/mol. The van der Waals surface area contributed by atoms with Gasteiger partial charge in [-0.05, 0) is 18.0 Å². The summed E-state index contributed by atoms with van der Waals surface area (Å²) >= 11 is 0. The highest BCUT2D eigenvalue weighted by Crippen LogP contribution is 2.07. The van der Waals surface area contributed by atoms with Crippen molar-refractivity contribution in [3.63, 3.8) is 0 Å². The van der Waals surface area contributed by atoms with Crippen LogP contribution in [-0.2, 0) is 9.47 Å². The Morgan fingerprint density at radius 1 is 1.19 bits per heavy atom. The van der Waals surface area contributed by atoms with E-state index >= 15 is 0 Å². The molecule has 5 nitrogen and oxygen atoms in total. The summed E-state index contributed by atoms with van der Waals surface area (Å²) < 4.78 is 10.7. The number of nitroso groups, excluding NO2 is 1. The van der Waals surface area contributed by atoms with Gasteiger partial charge in [0.1, 0.15) is 0 Å². The molecule has 0 spiro atoms. The van der Waals surface area contributed by atoms with E-state index < -0.39 is 12.3 Å². The predicted molar refractivity (Wildman–Crippen MR) is 60.7 cm³/mol. The van der Waals surface area contributed by atoms with Crippen LogP contribution in [0.5, 0.6) is 0 Å². The Labute approximate surface area is 96.7 Å². The van der Waals surface area contributed by atoms with Gasteiger partial charge < -0.3 is 9.47 Å². The molecule has 16 heavy (non-hydrogen) atoms. The first-order valence-electron chi connectivity index (χ1n) is 5.75. The van der Waals surface area contributed by atoms with E-state index in [-0.39, 0.29) is 0 Å². The lowest BCUT2D eigenvalue weighted by Gasteiger charge is -2.18. The lowest BCUT2D eigenvalue weighted by molar-refractivity contribution is -0.147. The Bertz CT molecular complexity index is 206. The number of ether oxygens (including phenoxy) is 2. The summed E-state index contributed by atoms with van der Waals surface area (Å²) in [5, 5.41) is 11.4. The minimum Gasteiger partial charge on any atom is -0.349 e. The van der Waals surface area contributed by atoms with E-state index in [0.29, 0.717) is 13.2 Å². The molecule has 0 bridgehead atoms. The topological polar surface area (TPSA) is 71.7 Å². The highest BCUT2D eigenvalue weighted by Gasteiger charge is 2.23. The van der Waals surface area contributed by atoms with Crippen LogP contribution in [0.4, 0.5) is 0 Å². The third-order valence-corrected chi connectivity index (χ3v) is 2.06. The van der Waals surface area contributed by atoms with Gasteiger partial charge in [0.2, 0.25) is 6.04 Å². The molecule has 1 atom stereocenters. The van der Waals surface area contributed by atoms with Crippen molar-refractivity contribution in [1.82, 2.24) is 0 Å². The molecule has 0 aromatic rings. The fourth-order valence-corrected chi connectivity index (χ4v) is 1.05. The van der Waals surface area contributed by atoms with Crippen molar-refractivity contribution >= 4 is 0 Å². The van der Waals surface area contributed by atoms with Gasteiger partial charge in [0.15, 0.2) is 6.29 Å². The van der Waals surface area contributed by atoms with Crippen molar-refractivity contribution in [2.24, 2.45) is 5.18 Å². The second kappa shape index (κ2) is 10.5. The van der Waals surface area contributed by atoms with Gasteiger partial charge in [-0.2, -0.15) is 5.26 Å². The summed E-state index contributed by atoms with van der Waals surface area (Å²) in [5.41, 5.74) is 0. The maximum absolute atomic E-state index is 10.4. The summed E-state index contributed by atoms with van der Waals surface area (Å²) in [5.74, 6) is 0. The zero-order chi connectivity index (χ0) is 12.2. The number of unbranched alkanes of at least 4 members (excludes halogenated alkanes) is 2. The number of nitriles is 1. The van der Waals surface area contributed by atoms with Crippen LogP contribution in [0.3, 0.4) is 0 Å². The second-order valence-electron chi connectivity index (χ2n) is 3.50. The third-order valence-electron chi connectivity index (χ3n) is 2.06. The SMILES string of the molecule is CCCCOC(OCCCC)C(C#N)N=O. The Balaban J connectivity index is 4.04. The Morgan fingerprint density at radius 3 is 2.00 bits per heavy atom. The average Bonchev–Trinajstić information content (AvgIpc) is 2.30. The molecule has 0 aromatic heterocycles. The molecule has 0 amide bonds. The zero-order valence-corrected chi connectivity index (χ0v) is 10.0. The van der Waals surface area contributed by atoms with Gasteiger partial charge in [0.05, 0.1) is 6.07 Å². The highest BCUT2D eigenvalue weighted by atomic mass is 16.7. The van der Waals surface area contributed by atoms with Crippen molar-refractivity contribution < 1.29 is 9.47 Å². The van der Waals surface area contributed by atoms with Gasteiger partial charge in [0.25, 0.3) is 0 Å². The first kappa shape index (κ1) is 15.0. The van der Waals surface area contributed by atoms with Crippen molar-refractivity contribution in [2.45, 2.75) is 51.9 Å². The molecule has 92 valence electrons. The lowest BCUT2D eigenvalue weighted by atomic mass is 10.3. The first-order valence-corrected chi connectivity index (χ1v) is 5.75. The quantitative estimate of drug-likeness (QED) is 0.327. The number of rotatable bonds is 10. The average molecular weight is 228 g/mol. The first-order chi connectivity index (χ1) is 7.79. The lowest BCUT2D eigenvalue weighted by Crippen LogP contribution is -2.30. The summed E-state index contributed by atoms with van der Waals surface area (Å²) in [6.07, 6.45) is 2.93. The molecule has 5 heteroatoms. The molecule has 1 unspecified atom stereocenters. The number of nitrogens with zero attached hydrogens (tertiary/aromatic N) is 2. The van der Waals surface area contributed by atoms with Gasteiger partial charge in [-0.1, -0.05) is 26.7 Å². The normalized spacial score (nSPS) is 12.4. The largest absolute Gasteiger partial charge is 0.349 e. The van der Waals surface area contributed by atoms with Gasteiger partial charge in [-0.15, -0.1) is 4.91 Å². The number of hydrogen-bond acceptors (Lipinski definition) is 5. The number of hydrogen-bond donors (Lipinski definition) is 0. The maximum Gasteiger partial charge on any atom is 0.228 e. The third kappa shape index (κ3) is 6.49. The molecule has 0 aliphatic rings. The Hall–Kier alpha value is -0.990. The van der Waals surface area contributed by atoms with Gasteiger partial charge in [-0.25, -0.2) is 0 Å². The molecule has 0 rings (SSSR count). The fourth-order valence-electron chi connectivity index (χ4n) is 1.05. The predicted octanol–water partition coefficient (Wildman–Crippen LogP) is 2.60. The maximum atomic E-state index is 10.4. The minimum absolute atomic E-state index is 0.487. The van der Waals surface area contributed by atoms with E-state index in [1.807, 2.05) is 13.8 Å². The van der Waals surface area contributed by atoms with Crippen LogP contribution in [-0.4, -0.2) is 25.5 Å². The van der Waals surface area contributed by atoms with E-state index in [9.17, 15) is 4.91 Å². The van der Waals surface area contributed by atoms with Crippen molar-refractivity contribution in [3.8, 4) is 6.07 Å². The van der Waals surface area contributed by atoms with E-state index in [2.05, 4.69) is 5.18 Å². The van der Waals surface area contributed by atoms with Crippen LogP contribution in [0.25, 0.3) is 0 Å². The fraction of sp³-hybridized carbons (Fsp3) is 0.909.